The number of nitrogens with one attached hydrogen (secondary N) is 1. The van der Waals surface area contributed by atoms with Gasteiger partial charge in [-0.05, 0) is 25.2 Å². The number of hydrogen-bond acceptors (Lipinski definition) is 3. The van der Waals surface area contributed by atoms with Crippen LogP contribution in [-0.4, -0.2) is 54.4 Å². The standard InChI is InChI=1S/C15H28N2O4/c1-4-6-12(10-21-3)16-15(20)17-8-7-11(5-2)9-13(17)14(18)19/h11-13H,4-10H2,1-3H3,(H,16,20)(H,18,19). The van der Waals surface area contributed by atoms with Crippen molar-refractivity contribution >= 4 is 12.0 Å². The molecule has 1 aliphatic heterocycles. The van der Waals surface area contributed by atoms with Crippen molar-refractivity contribution in [2.75, 3.05) is 20.3 Å². The van der Waals surface area contributed by atoms with Gasteiger partial charge in [-0.15, -0.1) is 0 Å². The molecule has 0 aromatic carbocycles. The molecule has 2 N–H and O–H groups in total. The van der Waals surface area contributed by atoms with E-state index >= 15 is 0 Å². The Bertz CT molecular complexity index is 343. The molecule has 0 spiro atoms. The zero-order valence-corrected chi connectivity index (χ0v) is 13.3. The Morgan fingerprint density at radius 1 is 1.43 bits per heavy atom. The van der Waals surface area contributed by atoms with Gasteiger partial charge < -0.3 is 20.1 Å². The van der Waals surface area contributed by atoms with Crippen LogP contribution in [0.5, 0.6) is 0 Å². The Balaban J connectivity index is 2.67. The van der Waals surface area contributed by atoms with E-state index in [1.54, 1.807) is 7.11 Å². The summed E-state index contributed by atoms with van der Waals surface area (Å²) in [5.74, 6) is -0.525. The number of carboxylic acid groups (broad SMARTS) is 1. The van der Waals surface area contributed by atoms with Crippen molar-refractivity contribution in [3.8, 4) is 0 Å². The molecule has 1 saturated heterocycles. The molecule has 0 radical (unpaired) electrons. The summed E-state index contributed by atoms with van der Waals surface area (Å²) in [4.78, 5) is 25.3. The lowest BCUT2D eigenvalue weighted by atomic mass is 9.89. The van der Waals surface area contributed by atoms with E-state index in [0.29, 0.717) is 25.5 Å². The number of piperidine rings is 1. The molecule has 0 aromatic rings. The topological polar surface area (TPSA) is 78.9 Å². The average Bonchev–Trinajstić information content (AvgIpc) is 2.46. The number of rotatable bonds is 7. The van der Waals surface area contributed by atoms with Crippen molar-refractivity contribution in [2.24, 2.45) is 5.92 Å². The summed E-state index contributed by atoms with van der Waals surface area (Å²) in [5, 5.41) is 12.3. The quantitative estimate of drug-likeness (QED) is 0.754. The van der Waals surface area contributed by atoms with Gasteiger partial charge in [-0.1, -0.05) is 26.7 Å². The number of nitrogens with zero attached hydrogens (tertiary/aromatic N) is 1. The molecule has 21 heavy (non-hydrogen) atoms. The van der Waals surface area contributed by atoms with Crippen LogP contribution in [0.15, 0.2) is 0 Å². The predicted octanol–water partition coefficient (Wildman–Crippen LogP) is 2.09. The average molecular weight is 300 g/mol. The van der Waals surface area contributed by atoms with Crippen molar-refractivity contribution in [1.82, 2.24) is 10.2 Å². The van der Waals surface area contributed by atoms with E-state index in [-0.39, 0.29) is 12.1 Å². The Morgan fingerprint density at radius 3 is 2.67 bits per heavy atom. The van der Waals surface area contributed by atoms with Crippen molar-refractivity contribution in [1.29, 1.82) is 0 Å². The fraction of sp³-hybridized carbons (Fsp3) is 0.867. The number of carboxylic acids is 1. The molecule has 122 valence electrons. The van der Waals surface area contributed by atoms with Gasteiger partial charge in [-0.25, -0.2) is 9.59 Å². The summed E-state index contributed by atoms with van der Waals surface area (Å²) in [5.41, 5.74) is 0. The van der Waals surface area contributed by atoms with Gasteiger partial charge in [0.2, 0.25) is 0 Å². The maximum Gasteiger partial charge on any atom is 0.326 e. The number of hydrogen-bond donors (Lipinski definition) is 2. The number of methoxy groups -OCH3 is 1. The van der Waals surface area contributed by atoms with E-state index < -0.39 is 12.0 Å². The minimum absolute atomic E-state index is 0.0640. The van der Waals surface area contributed by atoms with Gasteiger partial charge >= 0.3 is 12.0 Å². The van der Waals surface area contributed by atoms with Crippen molar-refractivity contribution in [3.05, 3.63) is 0 Å². The molecule has 1 rings (SSSR count). The van der Waals surface area contributed by atoms with Crippen molar-refractivity contribution in [3.63, 3.8) is 0 Å². The molecule has 6 heteroatoms. The van der Waals surface area contributed by atoms with Gasteiger partial charge in [0.05, 0.1) is 12.6 Å². The van der Waals surface area contributed by atoms with Gasteiger partial charge in [0.1, 0.15) is 6.04 Å². The van der Waals surface area contributed by atoms with Crippen LogP contribution in [0.1, 0.15) is 46.0 Å². The second-order valence-corrected chi connectivity index (χ2v) is 5.74. The van der Waals surface area contributed by atoms with Crippen LogP contribution in [0.4, 0.5) is 4.79 Å². The number of urea groups is 1. The lowest BCUT2D eigenvalue weighted by Crippen LogP contribution is -2.55. The largest absolute Gasteiger partial charge is 0.480 e. The third kappa shape index (κ3) is 5.19. The molecule has 3 unspecified atom stereocenters. The summed E-state index contributed by atoms with van der Waals surface area (Å²) in [6.45, 7) is 5.06. The summed E-state index contributed by atoms with van der Waals surface area (Å²) >= 11 is 0. The number of carbonyl (C=O) groups excluding carboxylic acids is 1. The Hall–Kier alpha value is -1.30. The molecular formula is C15H28N2O4. The molecule has 0 aliphatic carbocycles. The SMILES string of the molecule is CCCC(COC)NC(=O)N1CCC(CC)CC1C(=O)O. The summed E-state index contributed by atoms with van der Waals surface area (Å²) in [6, 6.07) is -1.06. The molecular weight excluding hydrogens is 272 g/mol. The molecule has 3 atom stereocenters. The monoisotopic (exact) mass is 300 g/mol. The van der Waals surface area contributed by atoms with E-state index in [4.69, 9.17) is 4.74 Å². The lowest BCUT2D eigenvalue weighted by Gasteiger charge is -2.37. The summed E-state index contributed by atoms with van der Waals surface area (Å²) in [7, 11) is 1.60. The van der Waals surface area contributed by atoms with E-state index in [9.17, 15) is 14.7 Å². The third-order valence-corrected chi connectivity index (χ3v) is 4.17. The van der Waals surface area contributed by atoms with E-state index in [1.807, 2.05) is 6.92 Å². The highest BCUT2D eigenvalue weighted by atomic mass is 16.5. The normalized spacial score (nSPS) is 23.7. The molecule has 1 heterocycles. The highest BCUT2D eigenvalue weighted by Gasteiger charge is 2.36. The Morgan fingerprint density at radius 2 is 2.14 bits per heavy atom. The first-order valence-corrected chi connectivity index (χ1v) is 7.82. The van der Waals surface area contributed by atoms with Crippen LogP contribution in [-0.2, 0) is 9.53 Å². The van der Waals surface area contributed by atoms with E-state index in [2.05, 4.69) is 12.2 Å². The van der Waals surface area contributed by atoms with Crippen molar-refractivity contribution in [2.45, 2.75) is 58.0 Å². The first kappa shape index (κ1) is 17.8. The van der Waals surface area contributed by atoms with Gasteiger partial charge in [0, 0.05) is 13.7 Å². The van der Waals surface area contributed by atoms with Crippen LogP contribution < -0.4 is 5.32 Å². The maximum atomic E-state index is 12.4. The fourth-order valence-corrected chi connectivity index (χ4v) is 2.89. The molecule has 1 fully saturated rings. The summed E-state index contributed by atoms with van der Waals surface area (Å²) < 4.78 is 5.10. The number of aliphatic carboxylic acids is 1. The van der Waals surface area contributed by atoms with E-state index in [1.165, 1.54) is 4.90 Å². The summed E-state index contributed by atoms with van der Waals surface area (Å²) in [6.07, 6.45) is 4.14. The number of ether oxygens (including phenoxy) is 1. The molecule has 2 amide bonds. The number of likely N-dealkylation sites (tertiary alicyclic amines) is 1. The highest BCUT2D eigenvalue weighted by molar-refractivity contribution is 5.83. The maximum absolute atomic E-state index is 12.4. The molecule has 0 aromatic heterocycles. The van der Waals surface area contributed by atoms with E-state index in [0.717, 1.165) is 25.7 Å². The second-order valence-electron chi connectivity index (χ2n) is 5.74. The minimum Gasteiger partial charge on any atom is -0.480 e. The molecule has 1 aliphatic rings. The van der Waals surface area contributed by atoms with Crippen LogP contribution in [0.25, 0.3) is 0 Å². The van der Waals surface area contributed by atoms with Gasteiger partial charge in [-0.2, -0.15) is 0 Å². The lowest BCUT2D eigenvalue weighted by molar-refractivity contribution is -0.144. The minimum atomic E-state index is -0.915. The zero-order valence-electron chi connectivity index (χ0n) is 13.3. The smallest absolute Gasteiger partial charge is 0.326 e. The van der Waals surface area contributed by atoms with Crippen LogP contribution in [0, 0.1) is 5.92 Å². The first-order chi connectivity index (χ1) is 10.0. The Kier molecular flexibility index (Phi) is 7.50. The molecule has 0 bridgehead atoms. The number of carbonyl (C=O) groups is 2. The molecule has 0 saturated carbocycles. The zero-order chi connectivity index (χ0) is 15.8. The first-order valence-electron chi connectivity index (χ1n) is 7.82. The Labute approximate surface area is 126 Å². The molecule has 6 nitrogen and oxygen atoms in total. The number of amides is 2. The predicted molar refractivity (Wildman–Crippen MR) is 80.2 cm³/mol. The van der Waals surface area contributed by atoms with Gasteiger partial charge in [0.25, 0.3) is 0 Å². The van der Waals surface area contributed by atoms with Crippen LogP contribution >= 0.6 is 0 Å². The van der Waals surface area contributed by atoms with Gasteiger partial charge in [-0.3, -0.25) is 0 Å². The van der Waals surface area contributed by atoms with Crippen molar-refractivity contribution < 1.29 is 19.4 Å². The third-order valence-electron chi connectivity index (χ3n) is 4.17. The van der Waals surface area contributed by atoms with Crippen LogP contribution in [0.3, 0.4) is 0 Å². The van der Waals surface area contributed by atoms with Gasteiger partial charge in [0.15, 0.2) is 0 Å². The fourth-order valence-electron chi connectivity index (χ4n) is 2.89. The van der Waals surface area contributed by atoms with Crippen LogP contribution in [0.2, 0.25) is 0 Å². The second kappa shape index (κ2) is 8.87. The highest BCUT2D eigenvalue weighted by Crippen LogP contribution is 2.25.